The Labute approximate surface area is 81.0 Å². The molecule has 0 aromatic heterocycles. The lowest BCUT2D eigenvalue weighted by Gasteiger charge is -2.16. The smallest absolute Gasteiger partial charge is 0.320 e. The minimum atomic E-state index is -0.897. The fourth-order valence-electron chi connectivity index (χ4n) is 1.47. The minimum Gasteiger partial charge on any atom is -0.481 e. The van der Waals surface area contributed by atoms with Gasteiger partial charge in [-0.2, -0.15) is 0 Å². The van der Waals surface area contributed by atoms with Crippen molar-refractivity contribution >= 4 is 17.9 Å². The second kappa shape index (κ2) is 3.77. The average molecular weight is 200 g/mol. The van der Waals surface area contributed by atoms with Gasteiger partial charge in [0.05, 0.1) is 11.8 Å². The molecule has 1 aliphatic rings. The van der Waals surface area contributed by atoms with Gasteiger partial charge in [-0.15, -0.1) is 0 Å². The highest BCUT2D eigenvalue weighted by atomic mass is 16.6. The number of esters is 2. The van der Waals surface area contributed by atoms with Crippen LogP contribution in [0.2, 0.25) is 0 Å². The van der Waals surface area contributed by atoms with E-state index < -0.39 is 23.3 Å². The quantitative estimate of drug-likeness (QED) is 0.534. The lowest BCUT2D eigenvalue weighted by Crippen LogP contribution is -2.22. The van der Waals surface area contributed by atoms with Gasteiger partial charge in [0.25, 0.3) is 0 Å². The molecule has 0 saturated carbocycles. The molecule has 1 heterocycles. The van der Waals surface area contributed by atoms with Gasteiger partial charge in [-0.25, -0.2) is 0 Å². The SMILES string of the molecule is CC1(CCCC(=O)O)CC(=O)OC1=O. The van der Waals surface area contributed by atoms with Crippen LogP contribution in [0.25, 0.3) is 0 Å². The number of rotatable bonds is 4. The molecule has 0 spiro atoms. The standard InChI is InChI=1S/C9H12O5/c1-9(4-2-3-6(10)11)5-7(12)14-8(9)13/h2-5H2,1H3,(H,10,11). The van der Waals surface area contributed by atoms with Crippen molar-refractivity contribution in [2.75, 3.05) is 0 Å². The molecule has 78 valence electrons. The highest BCUT2D eigenvalue weighted by Gasteiger charge is 2.44. The lowest BCUT2D eigenvalue weighted by molar-refractivity contribution is -0.155. The monoisotopic (exact) mass is 200 g/mol. The predicted octanol–water partition coefficient (Wildman–Crippen LogP) is 0.721. The van der Waals surface area contributed by atoms with Crippen LogP contribution >= 0.6 is 0 Å². The summed E-state index contributed by atoms with van der Waals surface area (Å²) in [7, 11) is 0. The number of cyclic esters (lactones) is 2. The molecule has 0 bridgehead atoms. The Balaban J connectivity index is 2.46. The van der Waals surface area contributed by atoms with Crippen LogP contribution < -0.4 is 0 Å². The molecule has 0 aromatic rings. The molecular formula is C9H12O5. The van der Waals surface area contributed by atoms with Crippen LogP contribution in [0, 0.1) is 5.41 Å². The summed E-state index contributed by atoms with van der Waals surface area (Å²) >= 11 is 0. The third-order valence-electron chi connectivity index (χ3n) is 2.35. The zero-order chi connectivity index (χ0) is 10.8. The largest absolute Gasteiger partial charge is 0.481 e. The normalized spacial score (nSPS) is 26.4. The summed E-state index contributed by atoms with van der Waals surface area (Å²) in [5, 5.41) is 8.41. The van der Waals surface area contributed by atoms with Crippen molar-refractivity contribution in [1.29, 1.82) is 0 Å². The summed E-state index contributed by atoms with van der Waals surface area (Å²) in [5.74, 6) is -1.95. The van der Waals surface area contributed by atoms with E-state index >= 15 is 0 Å². The first kappa shape index (κ1) is 10.7. The summed E-state index contributed by atoms with van der Waals surface area (Å²) in [6.45, 7) is 1.63. The first-order valence-electron chi connectivity index (χ1n) is 4.41. The van der Waals surface area contributed by atoms with Gasteiger partial charge < -0.3 is 9.84 Å². The fraction of sp³-hybridized carbons (Fsp3) is 0.667. The third-order valence-corrected chi connectivity index (χ3v) is 2.35. The zero-order valence-corrected chi connectivity index (χ0v) is 7.91. The number of carboxylic acid groups (broad SMARTS) is 1. The van der Waals surface area contributed by atoms with Gasteiger partial charge in [-0.3, -0.25) is 14.4 Å². The van der Waals surface area contributed by atoms with Gasteiger partial charge in [-0.1, -0.05) is 0 Å². The maximum atomic E-state index is 11.2. The molecule has 1 unspecified atom stereocenters. The molecule has 0 amide bonds. The van der Waals surface area contributed by atoms with E-state index in [1.807, 2.05) is 0 Å². The molecule has 0 aromatic carbocycles. The van der Waals surface area contributed by atoms with E-state index in [0.717, 1.165) is 0 Å². The second-order valence-electron chi connectivity index (χ2n) is 3.75. The van der Waals surface area contributed by atoms with Crippen molar-refractivity contribution < 1.29 is 24.2 Å². The molecule has 0 radical (unpaired) electrons. The molecule has 5 heteroatoms. The Hall–Kier alpha value is -1.39. The Kier molecular flexibility index (Phi) is 2.88. The van der Waals surface area contributed by atoms with E-state index in [1.165, 1.54) is 0 Å². The molecule has 1 fully saturated rings. The molecule has 1 atom stereocenters. The molecule has 5 nitrogen and oxygen atoms in total. The van der Waals surface area contributed by atoms with E-state index in [0.29, 0.717) is 12.8 Å². The van der Waals surface area contributed by atoms with Crippen molar-refractivity contribution in [3.8, 4) is 0 Å². The van der Waals surface area contributed by atoms with Crippen LogP contribution in [0.1, 0.15) is 32.6 Å². The van der Waals surface area contributed by atoms with Crippen molar-refractivity contribution in [2.24, 2.45) is 5.41 Å². The molecular weight excluding hydrogens is 188 g/mol. The molecule has 1 rings (SSSR count). The van der Waals surface area contributed by atoms with E-state index in [2.05, 4.69) is 4.74 Å². The second-order valence-corrected chi connectivity index (χ2v) is 3.75. The first-order chi connectivity index (χ1) is 6.44. The number of carbonyl (C=O) groups excluding carboxylic acids is 2. The zero-order valence-electron chi connectivity index (χ0n) is 7.91. The van der Waals surface area contributed by atoms with Crippen LogP contribution in [0.4, 0.5) is 0 Å². The van der Waals surface area contributed by atoms with Crippen molar-refractivity contribution in [3.05, 3.63) is 0 Å². The average Bonchev–Trinajstić information content (AvgIpc) is 2.25. The van der Waals surface area contributed by atoms with Gasteiger partial charge in [0.1, 0.15) is 0 Å². The highest BCUT2D eigenvalue weighted by molar-refractivity contribution is 5.97. The summed E-state index contributed by atoms with van der Waals surface area (Å²) < 4.78 is 4.41. The van der Waals surface area contributed by atoms with Gasteiger partial charge in [0, 0.05) is 6.42 Å². The van der Waals surface area contributed by atoms with Crippen molar-refractivity contribution in [1.82, 2.24) is 0 Å². The van der Waals surface area contributed by atoms with Crippen molar-refractivity contribution in [2.45, 2.75) is 32.6 Å². The van der Waals surface area contributed by atoms with Gasteiger partial charge in [0.15, 0.2) is 0 Å². The highest BCUT2D eigenvalue weighted by Crippen LogP contribution is 2.35. The van der Waals surface area contributed by atoms with E-state index in [-0.39, 0.29) is 12.8 Å². The number of carboxylic acids is 1. The van der Waals surface area contributed by atoms with Gasteiger partial charge >= 0.3 is 17.9 Å². The van der Waals surface area contributed by atoms with E-state index in [4.69, 9.17) is 5.11 Å². The summed E-state index contributed by atoms with van der Waals surface area (Å²) in [6.07, 6.45) is 0.834. The van der Waals surface area contributed by atoms with Crippen LogP contribution in [0.5, 0.6) is 0 Å². The Bertz CT molecular complexity index is 283. The van der Waals surface area contributed by atoms with Crippen molar-refractivity contribution in [3.63, 3.8) is 0 Å². The van der Waals surface area contributed by atoms with E-state index in [9.17, 15) is 14.4 Å². The number of aliphatic carboxylic acids is 1. The van der Waals surface area contributed by atoms with Gasteiger partial charge in [-0.05, 0) is 19.8 Å². The fourth-order valence-corrected chi connectivity index (χ4v) is 1.47. The maximum absolute atomic E-state index is 11.2. The van der Waals surface area contributed by atoms with E-state index in [1.54, 1.807) is 6.92 Å². The summed E-state index contributed by atoms with van der Waals surface area (Å²) in [4.78, 5) is 32.2. The van der Waals surface area contributed by atoms with Crippen LogP contribution in [-0.2, 0) is 19.1 Å². The summed E-state index contributed by atoms with van der Waals surface area (Å²) in [6, 6.07) is 0. The van der Waals surface area contributed by atoms with Gasteiger partial charge in [0.2, 0.25) is 0 Å². The minimum absolute atomic E-state index is 0.0110. The maximum Gasteiger partial charge on any atom is 0.320 e. The predicted molar refractivity (Wildman–Crippen MR) is 45.3 cm³/mol. The Morgan fingerprint density at radius 2 is 2.21 bits per heavy atom. The van der Waals surface area contributed by atoms with Crippen LogP contribution in [0.3, 0.4) is 0 Å². The molecule has 1 saturated heterocycles. The van der Waals surface area contributed by atoms with Crippen LogP contribution in [0.15, 0.2) is 0 Å². The number of carbonyl (C=O) groups is 3. The third kappa shape index (κ3) is 2.31. The number of hydrogen-bond acceptors (Lipinski definition) is 4. The Morgan fingerprint density at radius 3 is 2.64 bits per heavy atom. The Morgan fingerprint density at radius 1 is 1.57 bits per heavy atom. The molecule has 14 heavy (non-hydrogen) atoms. The summed E-state index contributed by atoms with van der Waals surface area (Å²) in [5.41, 5.74) is -0.813. The molecule has 0 aliphatic carbocycles. The number of ether oxygens (including phenoxy) is 1. The van der Waals surface area contributed by atoms with Crippen LogP contribution in [-0.4, -0.2) is 23.0 Å². The lowest BCUT2D eigenvalue weighted by atomic mass is 9.83. The molecule has 1 aliphatic heterocycles. The molecule has 1 N–H and O–H groups in total. The number of hydrogen-bond donors (Lipinski definition) is 1. The first-order valence-corrected chi connectivity index (χ1v) is 4.41. The topological polar surface area (TPSA) is 80.7 Å².